The fourth-order valence-corrected chi connectivity index (χ4v) is 5.51. The van der Waals surface area contributed by atoms with Crippen molar-refractivity contribution in [3.63, 3.8) is 0 Å². The maximum atomic E-state index is 13.3. The van der Waals surface area contributed by atoms with Crippen LogP contribution in [-0.4, -0.2) is 91.6 Å². The van der Waals surface area contributed by atoms with E-state index in [1.165, 1.54) is 11.0 Å². The van der Waals surface area contributed by atoms with Crippen LogP contribution < -0.4 is 10.6 Å². The van der Waals surface area contributed by atoms with Gasteiger partial charge in [-0.25, -0.2) is 4.79 Å². The van der Waals surface area contributed by atoms with E-state index in [0.29, 0.717) is 23.0 Å². The molecule has 5 rings (SSSR count). The van der Waals surface area contributed by atoms with Crippen LogP contribution in [0.15, 0.2) is 42.0 Å². The van der Waals surface area contributed by atoms with Gasteiger partial charge in [0.15, 0.2) is 5.79 Å². The molecule has 1 saturated heterocycles. The fourth-order valence-electron chi connectivity index (χ4n) is 5.51. The van der Waals surface area contributed by atoms with Crippen LogP contribution in [0.4, 0.5) is 0 Å². The number of aliphatic hydroxyl groups is 1. The normalized spacial score (nSPS) is 24.5. The topological polar surface area (TPSA) is 144 Å². The Kier molecular flexibility index (Phi) is 9.10. The minimum Gasteiger partial charge on any atom is -0.456 e. The summed E-state index contributed by atoms with van der Waals surface area (Å²) in [5.41, 5.74) is 1.52. The summed E-state index contributed by atoms with van der Waals surface area (Å²) in [6.45, 7) is 0.126. The Labute approximate surface area is 245 Å². The standard InChI is InChI=1S/C31H39N3O8/c1-34(2)27(37)12-5-19-3-6-20(7-4-19)30(39)40-24-17-21(29(38)33-14-13-26(36)32-15-16-35)18-25-28(24)42-31(41-25,22-8-9-22)23-10-11-23/h3-7,12,18,22-25,28,35H,8-11,13-17H2,1-2H3,(H,32,36)(H,33,38)/t24-,25-,28+/m1/s1. The van der Waals surface area contributed by atoms with Gasteiger partial charge < -0.3 is 34.9 Å². The summed E-state index contributed by atoms with van der Waals surface area (Å²) < 4.78 is 19.2. The second kappa shape index (κ2) is 12.8. The van der Waals surface area contributed by atoms with Gasteiger partial charge in [-0.1, -0.05) is 12.1 Å². The summed E-state index contributed by atoms with van der Waals surface area (Å²) >= 11 is 0. The van der Waals surface area contributed by atoms with Gasteiger partial charge in [0.25, 0.3) is 0 Å². The van der Waals surface area contributed by atoms with E-state index in [1.54, 1.807) is 50.5 Å². The van der Waals surface area contributed by atoms with Gasteiger partial charge in [0.1, 0.15) is 18.3 Å². The zero-order valence-electron chi connectivity index (χ0n) is 24.0. The Balaban J connectivity index is 1.27. The second-order valence-corrected chi connectivity index (χ2v) is 11.5. The Morgan fingerprint density at radius 3 is 2.33 bits per heavy atom. The van der Waals surface area contributed by atoms with Gasteiger partial charge in [0.05, 0.1) is 12.2 Å². The van der Waals surface area contributed by atoms with Gasteiger partial charge in [-0.2, -0.15) is 0 Å². The van der Waals surface area contributed by atoms with Crippen LogP contribution in [0.2, 0.25) is 0 Å². The number of nitrogens with zero attached hydrogens (tertiary/aromatic N) is 1. The van der Waals surface area contributed by atoms with Crippen molar-refractivity contribution >= 4 is 29.8 Å². The summed E-state index contributed by atoms with van der Waals surface area (Å²) in [6.07, 6.45) is 7.43. The molecule has 11 heteroatoms. The first kappa shape index (κ1) is 29.9. The predicted molar refractivity (Wildman–Crippen MR) is 152 cm³/mol. The number of hydrogen-bond acceptors (Lipinski definition) is 8. The third-order valence-corrected chi connectivity index (χ3v) is 8.04. The summed E-state index contributed by atoms with van der Waals surface area (Å²) in [5, 5.41) is 14.2. The van der Waals surface area contributed by atoms with Crippen molar-refractivity contribution in [3.8, 4) is 0 Å². The molecule has 3 fully saturated rings. The number of hydrogen-bond donors (Lipinski definition) is 3. The highest BCUT2D eigenvalue weighted by Gasteiger charge is 2.64. The van der Waals surface area contributed by atoms with Gasteiger partial charge >= 0.3 is 5.97 Å². The molecule has 42 heavy (non-hydrogen) atoms. The highest BCUT2D eigenvalue weighted by atomic mass is 16.8. The van der Waals surface area contributed by atoms with E-state index >= 15 is 0 Å². The van der Waals surface area contributed by atoms with Crippen LogP contribution in [0, 0.1) is 11.8 Å². The van der Waals surface area contributed by atoms with E-state index in [-0.39, 0.29) is 50.3 Å². The minimum absolute atomic E-state index is 0.0735. The fraction of sp³-hybridized carbons (Fsp3) is 0.548. The molecule has 0 unspecified atom stereocenters. The Hall–Kier alpha value is -3.54. The molecule has 1 aromatic carbocycles. The maximum absolute atomic E-state index is 13.3. The molecule has 1 aromatic rings. The van der Waals surface area contributed by atoms with Gasteiger partial charge in [-0.3, -0.25) is 14.4 Å². The average Bonchev–Trinajstić information content (AvgIpc) is 3.92. The van der Waals surface area contributed by atoms with E-state index in [1.807, 2.05) is 0 Å². The van der Waals surface area contributed by atoms with E-state index < -0.39 is 30.1 Å². The first-order valence-electron chi connectivity index (χ1n) is 14.6. The van der Waals surface area contributed by atoms with E-state index in [0.717, 1.165) is 31.2 Å². The van der Waals surface area contributed by atoms with Crippen molar-refractivity contribution in [1.82, 2.24) is 15.5 Å². The molecular weight excluding hydrogens is 542 g/mol. The SMILES string of the molecule is CN(C)C(=O)C=Cc1ccc(C(=O)O[C@@H]2CC(C(=O)NCCC(=O)NCCO)=C[C@H]3OC(C4CC4)(C4CC4)O[C@H]32)cc1. The van der Waals surface area contributed by atoms with Crippen LogP contribution in [0.25, 0.3) is 6.08 Å². The van der Waals surface area contributed by atoms with Crippen molar-refractivity contribution in [2.45, 2.75) is 62.6 Å². The summed E-state index contributed by atoms with van der Waals surface area (Å²) in [7, 11) is 3.34. The van der Waals surface area contributed by atoms with Gasteiger partial charge in [-0.05, 0) is 55.5 Å². The summed E-state index contributed by atoms with van der Waals surface area (Å²) in [4.78, 5) is 51.5. The number of esters is 1. The minimum atomic E-state index is -0.738. The number of carbonyl (C=O) groups excluding carboxylic acids is 4. The number of amides is 3. The molecule has 0 bridgehead atoms. The first-order chi connectivity index (χ1) is 20.2. The molecule has 1 heterocycles. The van der Waals surface area contributed by atoms with Gasteiger partial charge in [0, 0.05) is 63.5 Å². The molecule has 0 aromatic heterocycles. The van der Waals surface area contributed by atoms with Crippen molar-refractivity contribution in [1.29, 1.82) is 0 Å². The molecule has 0 spiro atoms. The van der Waals surface area contributed by atoms with Crippen molar-refractivity contribution in [2.24, 2.45) is 11.8 Å². The first-order valence-corrected chi connectivity index (χ1v) is 14.6. The van der Waals surface area contributed by atoms with Crippen molar-refractivity contribution < 1.29 is 38.5 Å². The monoisotopic (exact) mass is 581 g/mol. The van der Waals surface area contributed by atoms with Crippen molar-refractivity contribution in [2.75, 3.05) is 33.8 Å². The quantitative estimate of drug-likeness (QED) is 0.249. The summed E-state index contributed by atoms with van der Waals surface area (Å²) in [6, 6.07) is 6.74. The molecule has 11 nitrogen and oxygen atoms in total. The van der Waals surface area contributed by atoms with Crippen LogP contribution in [-0.2, 0) is 28.6 Å². The number of ether oxygens (including phenoxy) is 3. The van der Waals surface area contributed by atoms with E-state index in [4.69, 9.17) is 19.3 Å². The highest BCUT2D eigenvalue weighted by Crippen LogP contribution is 2.59. The molecule has 2 saturated carbocycles. The Bertz CT molecular complexity index is 1240. The summed E-state index contributed by atoms with van der Waals surface area (Å²) in [5.74, 6) is -1.41. The van der Waals surface area contributed by atoms with E-state index in [2.05, 4.69) is 10.6 Å². The third kappa shape index (κ3) is 6.91. The van der Waals surface area contributed by atoms with Gasteiger partial charge in [-0.15, -0.1) is 0 Å². The lowest BCUT2D eigenvalue weighted by atomic mass is 9.91. The van der Waals surface area contributed by atoms with Crippen LogP contribution in [0.3, 0.4) is 0 Å². The van der Waals surface area contributed by atoms with Crippen LogP contribution in [0.5, 0.6) is 0 Å². The second-order valence-electron chi connectivity index (χ2n) is 11.5. The number of nitrogens with one attached hydrogen (secondary N) is 2. The average molecular weight is 582 g/mol. The largest absolute Gasteiger partial charge is 0.456 e. The highest BCUT2D eigenvalue weighted by molar-refractivity contribution is 5.95. The number of likely N-dealkylation sites (N-methyl/N-ethyl adjacent to an activating group) is 1. The Morgan fingerprint density at radius 2 is 1.71 bits per heavy atom. The molecule has 226 valence electrons. The molecular formula is C31H39N3O8. The van der Waals surface area contributed by atoms with E-state index in [9.17, 15) is 19.2 Å². The molecule has 3 N–H and O–H groups in total. The van der Waals surface area contributed by atoms with Crippen molar-refractivity contribution in [3.05, 3.63) is 53.1 Å². The number of aliphatic hydroxyl groups excluding tert-OH is 1. The molecule has 3 amide bonds. The lowest BCUT2D eigenvalue weighted by molar-refractivity contribution is -0.209. The molecule has 3 aliphatic carbocycles. The molecule has 1 aliphatic heterocycles. The lowest BCUT2D eigenvalue weighted by Gasteiger charge is -2.31. The molecule has 0 radical (unpaired) electrons. The van der Waals surface area contributed by atoms with Gasteiger partial charge in [0.2, 0.25) is 17.7 Å². The number of carbonyl (C=O) groups is 4. The molecule has 4 aliphatic rings. The smallest absolute Gasteiger partial charge is 0.338 e. The number of rotatable bonds is 12. The zero-order valence-corrected chi connectivity index (χ0v) is 24.0. The Morgan fingerprint density at radius 1 is 1.02 bits per heavy atom. The number of benzene rings is 1. The number of fused-ring (bicyclic) bond motifs is 1. The maximum Gasteiger partial charge on any atom is 0.338 e. The third-order valence-electron chi connectivity index (χ3n) is 8.04. The van der Waals surface area contributed by atoms with Crippen LogP contribution >= 0.6 is 0 Å². The molecule has 3 atom stereocenters. The predicted octanol–water partition coefficient (Wildman–Crippen LogP) is 1.56. The van der Waals surface area contributed by atoms with Crippen LogP contribution in [0.1, 0.15) is 54.4 Å². The zero-order chi connectivity index (χ0) is 29.9. The lowest BCUT2D eigenvalue weighted by Crippen LogP contribution is -2.44.